The van der Waals surface area contributed by atoms with Crippen molar-refractivity contribution in [3.63, 3.8) is 0 Å². The minimum Gasteiger partial charge on any atom is -0.395 e. The molecule has 0 fully saturated rings. The fraction of sp³-hybridized carbons (Fsp3) is 0.500. The van der Waals surface area contributed by atoms with Crippen molar-refractivity contribution < 1.29 is 5.11 Å². The molecule has 0 spiro atoms. The maximum absolute atomic E-state index is 8.85. The third-order valence-corrected chi connectivity index (χ3v) is 1.99. The average molecular weight is 180 g/mol. The van der Waals surface area contributed by atoms with Crippen molar-refractivity contribution in [1.82, 2.24) is 10.3 Å². The lowest BCUT2D eigenvalue weighted by atomic mass is 10.1. The molecule has 0 saturated carbocycles. The Morgan fingerprint density at radius 1 is 1.54 bits per heavy atom. The van der Waals surface area contributed by atoms with Gasteiger partial charge in [0.1, 0.15) is 0 Å². The lowest BCUT2D eigenvalue weighted by molar-refractivity contribution is 0.243. The van der Waals surface area contributed by atoms with Crippen LogP contribution < -0.4 is 5.32 Å². The van der Waals surface area contributed by atoms with Gasteiger partial charge in [-0.25, -0.2) is 0 Å². The molecule has 72 valence electrons. The molecule has 0 aromatic carbocycles. The van der Waals surface area contributed by atoms with E-state index in [1.807, 2.05) is 25.3 Å². The Balaban J connectivity index is 2.53. The summed E-state index contributed by atoms with van der Waals surface area (Å²) in [6.07, 6.45) is 3.59. The van der Waals surface area contributed by atoms with Crippen molar-refractivity contribution in [1.29, 1.82) is 0 Å². The van der Waals surface area contributed by atoms with E-state index in [1.54, 1.807) is 6.20 Å². The highest BCUT2D eigenvalue weighted by Gasteiger charge is 2.07. The van der Waals surface area contributed by atoms with Crippen LogP contribution in [0, 0.1) is 0 Å². The molecule has 13 heavy (non-hydrogen) atoms. The molecule has 0 radical (unpaired) electrons. The number of hydrogen-bond acceptors (Lipinski definition) is 3. The Kier molecular flexibility index (Phi) is 3.86. The smallest absolute Gasteiger partial charge is 0.0582 e. The predicted molar refractivity (Wildman–Crippen MR) is 52.3 cm³/mol. The molecule has 1 aromatic heterocycles. The molecular weight excluding hydrogens is 164 g/mol. The molecule has 3 heteroatoms. The van der Waals surface area contributed by atoms with Crippen molar-refractivity contribution in [3.05, 3.63) is 30.1 Å². The van der Waals surface area contributed by atoms with Gasteiger partial charge < -0.3 is 10.4 Å². The standard InChI is InChI=1S/C10H16N2O/c1-8(7-13)12-9(2)10-4-3-5-11-6-10/h3-6,8-9,12-13H,7H2,1-2H3/t8-,9-/m0/s1. The van der Waals surface area contributed by atoms with Gasteiger partial charge in [0.05, 0.1) is 6.61 Å². The molecule has 3 nitrogen and oxygen atoms in total. The maximum Gasteiger partial charge on any atom is 0.0582 e. The third-order valence-electron chi connectivity index (χ3n) is 1.99. The molecule has 2 atom stereocenters. The minimum absolute atomic E-state index is 0.121. The van der Waals surface area contributed by atoms with Crippen LogP contribution >= 0.6 is 0 Å². The van der Waals surface area contributed by atoms with Gasteiger partial charge in [-0.1, -0.05) is 6.07 Å². The Bertz CT molecular complexity index is 238. The van der Waals surface area contributed by atoms with Crippen molar-refractivity contribution in [2.75, 3.05) is 6.61 Å². The molecule has 1 aromatic rings. The summed E-state index contributed by atoms with van der Waals surface area (Å²) in [5.41, 5.74) is 1.14. The summed E-state index contributed by atoms with van der Waals surface area (Å²) in [5, 5.41) is 12.1. The second-order valence-electron chi connectivity index (χ2n) is 3.26. The van der Waals surface area contributed by atoms with Crippen LogP contribution in [0.1, 0.15) is 25.5 Å². The molecule has 0 aliphatic heterocycles. The normalized spacial score (nSPS) is 15.3. The molecule has 0 amide bonds. The number of nitrogens with zero attached hydrogens (tertiary/aromatic N) is 1. The first-order chi connectivity index (χ1) is 6.24. The Labute approximate surface area is 78.8 Å². The van der Waals surface area contributed by atoms with Crippen LogP contribution in [0.2, 0.25) is 0 Å². The first kappa shape index (κ1) is 10.2. The van der Waals surface area contributed by atoms with Crippen LogP contribution in [0.5, 0.6) is 0 Å². The monoisotopic (exact) mass is 180 g/mol. The highest BCUT2D eigenvalue weighted by Crippen LogP contribution is 2.10. The van der Waals surface area contributed by atoms with E-state index in [2.05, 4.69) is 17.2 Å². The number of hydrogen-bond donors (Lipinski definition) is 2. The lowest BCUT2D eigenvalue weighted by Gasteiger charge is -2.17. The zero-order chi connectivity index (χ0) is 9.68. The molecule has 0 aliphatic rings. The van der Waals surface area contributed by atoms with Gasteiger partial charge in [0.2, 0.25) is 0 Å². The van der Waals surface area contributed by atoms with Crippen molar-refractivity contribution in [3.8, 4) is 0 Å². The number of pyridine rings is 1. The summed E-state index contributed by atoms with van der Waals surface area (Å²) >= 11 is 0. The van der Waals surface area contributed by atoms with Crippen LogP contribution in [-0.2, 0) is 0 Å². The molecule has 2 N–H and O–H groups in total. The van der Waals surface area contributed by atoms with Crippen LogP contribution in [0.15, 0.2) is 24.5 Å². The fourth-order valence-electron chi connectivity index (χ4n) is 1.21. The molecular formula is C10H16N2O. The quantitative estimate of drug-likeness (QED) is 0.729. The molecule has 0 saturated heterocycles. The largest absolute Gasteiger partial charge is 0.395 e. The number of nitrogens with one attached hydrogen (secondary N) is 1. The number of aliphatic hydroxyl groups is 1. The molecule has 1 heterocycles. The van der Waals surface area contributed by atoms with Gasteiger partial charge in [0.15, 0.2) is 0 Å². The van der Waals surface area contributed by atoms with E-state index < -0.39 is 0 Å². The zero-order valence-electron chi connectivity index (χ0n) is 8.07. The maximum atomic E-state index is 8.85. The van der Waals surface area contributed by atoms with E-state index in [0.717, 1.165) is 5.56 Å². The Morgan fingerprint density at radius 3 is 2.85 bits per heavy atom. The lowest BCUT2D eigenvalue weighted by Crippen LogP contribution is -2.31. The van der Waals surface area contributed by atoms with Gasteiger partial charge in [0.25, 0.3) is 0 Å². The summed E-state index contributed by atoms with van der Waals surface area (Å²) in [4.78, 5) is 4.04. The van der Waals surface area contributed by atoms with Gasteiger partial charge >= 0.3 is 0 Å². The van der Waals surface area contributed by atoms with E-state index in [0.29, 0.717) is 0 Å². The third kappa shape index (κ3) is 3.13. The Hall–Kier alpha value is -0.930. The molecule has 0 unspecified atom stereocenters. The van der Waals surface area contributed by atoms with Gasteiger partial charge in [0, 0.05) is 24.5 Å². The van der Waals surface area contributed by atoms with Crippen molar-refractivity contribution >= 4 is 0 Å². The molecule has 0 aliphatic carbocycles. The number of rotatable bonds is 4. The number of aromatic nitrogens is 1. The summed E-state index contributed by atoms with van der Waals surface area (Å²) in [7, 11) is 0. The minimum atomic E-state index is 0.121. The topological polar surface area (TPSA) is 45.1 Å². The molecule has 0 bridgehead atoms. The Morgan fingerprint density at radius 2 is 2.31 bits per heavy atom. The summed E-state index contributed by atoms with van der Waals surface area (Å²) in [6.45, 7) is 4.17. The van der Waals surface area contributed by atoms with E-state index in [1.165, 1.54) is 0 Å². The van der Waals surface area contributed by atoms with Crippen molar-refractivity contribution in [2.24, 2.45) is 0 Å². The van der Waals surface area contributed by atoms with Gasteiger partial charge in [-0.2, -0.15) is 0 Å². The van der Waals surface area contributed by atoms with Crippen molar-refractivity contribution in [2.45, 2.75) is 25.9 Å². The zero-order valence-corrected chi connectivity index (χ0v) is 8.07. The predicted octanol–water partition coefficient (Wildman–Crippen LogP) is 1.11. The van der Waals surface area contributed by atoms with Crippen LogP contribution in [0.4, 0.5) is 0 Å². The van der Waals surface area contributed by atoms with Crippen LogP contribution in [0.25, 0.3) is 0 Å². The van der Waals surface area contributed by atoms with Gasteiger partial charge in [-0.05, 0) is 25.5 Å². The SMILES string of the molecule is C[C@H](N[C@@H](C)CO)c1cccnc1. The second-order valence-corrected chi connectivity index (χ2v) is 3.26. The van der Waals surface area contributed by atoms with E-state index in [-0.39, 0.29) is 18.7 Å². The van der Waals surface area contributed by atoms with E-state index in [4.69, 9.17) is 5.11 Å². The van der Waals surface area contributed by atoms with Crippen LogP contribution in [-0.4, -0.2) is 22.7 Å². The first-order valence-electron chi connectivity index (χ1n) is 4.51. The van der Waals surface area contributed by atoms with Gasteiger partial charge in [-0.15, -0.1) is 0 Å². The highest BCUT2D eigenvalue weighted by atomic mass is 16.3. The fourth-order valence-corrected chi connectivity index (χ4v) is 1.21. The molecule has 1 rings (SSSR count). The second kappa shape index (κ2) is 4.94. The highest BCUT2D eigenvalue weighted by molar-refractivity contribution is 5.12. The van der Waals surface area contributed by atoms with E-state index >= 15 is 0 Å². The average Bonchev–Trinajstić information content (AvgIpc) is 2.19. The van der Waals surface area contributed by atoms with Crippen LogP contribution in [0.3, 0.4) is 0 Å². The summed E-state index contributed by atoms with van der Waals surface area (Å²) < 4.78 is 0. The van der Waals surface area contributed by atoms with Gasteiger partial charge in [-0.3, -0.25) is 4.98 Å². The summed E-state index contributed by atoms with van der Waals surface area (Å²) in [6, 6.07) is 4.29. The summed E-state index contributed by atoms with van der Waals surface area (Å²) in [5.74, 6) is 0. The number of aliphatic hydroxyl groups excluding tert-OH is 1. The van der Waals surface area contributed by atoms with E-state index in [9.17, 15) is 0 Å². The first-order valence-corrected chi connectivity index (χ1v) is 4.51.